The first-order valence-electron chi connectivity index (χ1n) is 5.50. The van der Waals surface area contributed by atoms with Crippen LogP contribution in [0, 0.1) is 25.2 Å². The van der Waals surface area contributed by atoms with E-state index in [1.54, 1.807) is 12.1 Å². The fraction of sp³-hybridized carbons (Fsp3) is 0.143. The predicted octanol–water partition coefficient (Wildman–Crippen LogP) is 3.97. The topological polar surface area (TPSA) is 48.7 Å². The Hall–Kier alpha value is -2.05. The number of nitrogens with one attached hydrogen (secondary N) is 1. The maximum atomic E-state index is 8.92. The number of hydrogen-bond acceptors (Lipinski definition) is 3. The van der Waals surface area contributed by atoms with Crippen molar-refractivity contribution in [3.8, 4) is 6.07 Å². The smallest absolute Gasteiger partial charge is 0.131 e. The molecule has 1 heterocycles. The van der Waals surface area contributed by atoms with Crippen molar-refractivity contribution in [1.29, 1.82) is 5.26 Å². The van der Waals surface area contributed by atoms with Crippen LogP contribution in [0.3, 0.4) is 0 Å². The maximum absolute atomic E-state index is 8.92. The fourth-order valence-electron chi connectivity index (χ4n) is 1.67. The molecule has 0 aliphatic heterocycles. The molecule has 0 spiro atoms. The van der Waals surface area contributed by atoms with Crippen LogP contribution in [-0.4, -0.2) is 4.98 Å². The van der Waals surface area contributed by atoms with Crippen LogP contribution in [0.4, 0.5) is 11.5 Å². The van der Waals surface area contributed by atoms with Gasteiger partial charge in [0, 0.05) is 5.69 Å². The molecule has 0 radical (unpaired) electrons. The van der Waals surface area contributed by atoms with E-state index in [2.05, 4.69) is 16.4 Å². The summed E-state index contributed by atoms with van der Waals surface area (Å²) in [5.74, 6) is 0.624. The van der Waals surface area contributed by atoms with Gasteiger partial charge in [0.25, 0.3) is 0 Å². The highest BCUT2D eigenvalue weighted by molar-refractivity contribution is 6.33. The van der Waals surface area contributed by atoms with Gasteiger partial charge in [-0.1, -0.05) is 17.7 Å². The lowest BCUT2D eigenvalue weighted by Gasteiger charge is -2.09. The first kappa shape index (κ1) is 12.4. The minimum absolute atomic E-state index is 0.578. The van der Waals surface area contributed by atoms with E-state index in [-0.39, 0.29) is 0 Å². The number of benzene rings is 1. The van der Waals surface area contributed by atoms with Gasteiger partial charge in [0.05, 0.1) is 22.3 Å². The lowest BCUT2D eigenvalue weighted by Crippen LogP contribution is -1.97. The first-order valence-corrected chi connectivity index (χ1v) is 5.88. The van der Waals surface area contributed by atoms with Crippen LogP contribution in [0.15, 0.2) is 30.3 Å². The van der Waals surface area contributed by atoms with E-state index >= 15 is 0 Å². The molecule has 1 N–H and O–H groups in total. The molecule has 90 valence electrons. The summed E-state index contributed by atoms with van der Waals surface area (Å²) in [6.07, 6.45) is 0. The summed E-state index contributed by atoms with van der Waals surface area (Å²) in [6, 6.07) is 11.3. The third-order valence-electron chi connectivity index (χ3n) is 2.47. The summed E-state index contributed by atoms with van der Waals surface area (Å²) in [7, 11) is 0. The molecule has 0 atom stereocenters. The zero-order chi connectivity index (χ0) is 13.1. The van der Waals surface area contributed by atoms with Crippen molar-refractivity contribution in [2.45, 2.75) is 13.8 Å². The van der Waals surface area contributed by atoms with E-state index in [1.807, 2.05) is 32.0 Å². The number of rotatable bonds is 2. The van der Waals surface area contributed by atoms with E-state index in [1.165, 1.54) is 0 Å². The molecule has 4 heteroatoms. The van der Waals surface area contributed by atoms with Crippen LogP contribution >= 0.6 is 11.6 Å². The molecule has 18 heavy (non-hydrogen) atoms. The van der Waals surface area contributed by atoms with Gasteiger partial charge in [0.2, 0.25) is 0 Å². The van der Waals surface area contributed by atoms with Gasteiger partial charge in [-0.2, -0.15) is 5.26 Å². The molecule has 0 amide bonds. The van der Waals surface area contributed by atoms with Crippen LogP contribution in [0.25, 0.3) is 0 Å². The largest absolute Gasteiger partial charge is 0.339 e. The molecule has 0 saturated carbocycles. The van der Waals surface area contributed by atoms with Gasteiger partial charge in [-0.3, -0.25) is 0 Å². The molecule has 1 aromatic heterocycles. The van der Waals surface area contributed by atoms with E-state index in [9.17, 15) is 0 Å². The monoisotopic (exact) mass is 257 g/mol. The Labute approximate surface area is 111 Å². The second-order valence-electron chi connectivity index (χ2n) is 4.10. The third kappa shape index (κ3) is 2.79. The normalized spacial score (nSPS) is 9.89. The summed E-state index contributed by atoms with van der Waals surface area (Å²) in [6.45, 7) is 3.84. The van der Waals surface area contributed by atoms with E-state index in [4.69, 9.17) is 16.9 Å². The first-order chi connectivity index (χ1) is 8.58. The van der Waals surface area contributed by atoms with Crippen LogP contribution < -0.4 is 5.32 Å². The zero-order valence-electron chi connectivity index (χ0n) is 10.2. The minimum Gasteiger partial charge on any atom is -0.339 e. The van der Waals surface area contributed by atoms with Crippen LogP contribution in [0.1, 0.15) is 16.8 Å². The van der Waals surface area contributed by atoms with Crippen molar-refractivity contribution < 1.29 is 0 Å². The van der Waals surface area contributed by atoms with Crippen LogP contribution in [0.2, 0.25) is 5.02 Å². The van der Waals surface area contributed by atoms with Crippen molar-refractivity contribution in [1.82, 2.24) is 4.98 Å². The molecule has 0 aliphatic carbocycles. The summed E-state index contributed by atoms with van der Waals surface area (Å²) in [4.78, 5) is 4.33. The summed E-state index contributed by atoms with van der Waals surface area (Å²) >= 11 is 6.10. The Bertz CT molecular complexity index is 629. The Kier molecular flexibility index (Phi) is 3.50. The second-order valence-corrected chi connectivity index (χ2v) is 4.51. The number of nitriles is 1. The molecule has 2 rings (SSSR count). The number of hydrogen-bond donors (Lipinski definition) is 1. The van der Waals surface area contributed by atoms with E-state index in [0.29, 0.717) is 16.4 Å². The molecule has 0 bridgehead atoms. The number of nitrogens with zero attached hydrogens (tertiary/aromatic N) is 2. The van der Waals surface area contributed by atoms with Crippen molar-refractivity contribution in [3.05, 3.63) is 52.2 Å². The molecule has 0 unspecified atom stereocenters. The Morgan fingerprint density at radius 2 is 2.00 bits per heavy atom. The maximum Gasteiger partial charge on any atom is 0.131 e. The number of aromatic nitrogens is 1. The predicted molar refractivity (Wildman–Crippen MR) is 73.2 cm³/mol. The van der Waals surface area contributed by atoms with Gasteiger partial charge in [-0.25, -0.2) is 4.98 Å². The van der Waals surface area contributed by atoms with Gasteiger partial charge in [0.15, 0.2) is 0 Å². The van der Waals surface area contributed by atoms with Gasteiger partial charge in [-0.15, -0.1) is 0 Å². The highest BCUT2D eigenvalue weighted by atomic mass is 35.5. The molecule has 1 aromatic carbocycles. The van der Waals surface area contributed by atoms with Gasteiger partial charge >= 0.3 is 0 Å². The fourth-order valence-corrected chi connectivity index (χ4v) is 1.83. The summed E-state index contributed by atoms with van der Waals surface area (Å²) in [5, 5.41) is 12.7. The number of pyridine rings is 1. The third-order valence-corrected chi connectivity index (χ3v) is 2.80. The molecule has 0 saturated heterocycles. The molecule has 0 fully saturated rings. The average molecular weight is 258 g/mol. The number of anilines is 2. The van der Waals surface area contributed by atoms with Gasteiger partial charge < -0.3 is 5.32 Å². The highest BCUT2D eigenvalue weighted by Gasteiger charge is 2.04. The Morgan fingerprint density at radius 1 is 1.22 bits per heavy atom. The van der Waals surface area contributed by atoms with Crippen molar-refractivity contribution in [3.63, 3.8) is 0 Å². The van der Waals surface area contributed by atoms with Gasteiger partial charge in [0.1, 0.15) is 5.82 Å². The SMILES string of the molecule is Cc1ccc(Cl)c(Nc2cc(C#N)cc(C)n2)c1. The van der Waals surface area contributed by atoms with Crippen molar-refractivity contribution >= 4 is 23.1 Å². The van der Waals surface area contributed by atoms with E-state index < -0.39 is 0 Å². The minimum atomic E-state index is 0.578. The standard InChI is InChI=1S/C14H12ClN3/c1-9-3-4-12(15)13(5-9)18-14-7-11(8-16)6-10(2)17-14/h3-7H,1-2H3,(H,17,18). The summed E-state index contributed by atoms with van der Waals surface area (Å²) in [5.41, 5.74) is 3.27. The van der Waals surface area contributed by atoms with Crippen molar-refractivity contribution in [2.75, 3.05) is 5.32 Å². The number of aryl methyl sites for hydroxylation is 2. The lowest BCUT2D eigenvalue weighted by atomic mass is 10.2. The van der Waals surface area contributed by atoms with Gasteiger partial charge in [-0.05, 0) is 43.7 Å². The summed E-state index contributed by atoms with van der Waals surface area (Å²) < 4.78 is 0. The highest BCUT2D eigenvalue weighted by Crippen LogP contribution is 2.26. The average Bonchev–Trinajstić information content (AvgIpc) is 2.33. The molecular formula is C14H12ClN3. The van der Waals surface area contributed by atoms with Crippen molar-refractivity contribution in [2.24, 2.45) is 0 Å². The van der Waals surface area contributed by atoms with E-state index in [0.717, 1.165) is 16.9 Å². The quantitative estimate of drug-likeness (QED) is 0.886. The molecule has 3 nitrogen and oxygen atoms in total. The zero-order valence-corrected chi connectivity index (χ0v) is 10.9. The van der Waals surface area contributed by atoms with Crippen LogP contribution in [0.5, 0.6) is 0 Å². The lowest BCUT2D eigenvalue weighted by molar-refractivity contribution is 1.19. The number of halogens is 1. The van der Waals surface area contributed by atoms with Crippen LogP contribution in [-0.2, 0) is 0 Å². The second kappa shape index (κ2) is 5.07. The molecule has 0 aliphatic rings. The molecule has 2 aromatic rings. The Balaban J connectivity index is 2.37. The Morgan fingerprint density at radius 3 is 2.72 bits per heavy atom. The molecular weight excluding hydrogens is 246 g/mol.